The van der Waals surface area contributed by atoms with Gasteiger partial charge in [-0.25, -0.2) is 4.98 Å². The molecule has 3 rings (SSSR count). The molecule has 0 bridgehead atoms. The number of benzene rings is 1. The second kappa shape index (κ2) is 11.2. The van der Waals surface area contributed by atoms with Gasteiger partial charge in [0, 0.05) is 42.9 Å². The summed E-state index contributed by atoms with van der Waals surface area (Å²) in [6, 6.07) is 12.4. The van der Waals surface area contributed by atoms with Gasteiger partial charge in [-0.15, -0.1) is 35.3 Å². The van der Waals surface area contributed by atoms with Crippen molar-refractivity contribution in [1.82, 2.24) is 15.6 Å². The highest BCUT2D eigenvalue weighted by Gasteiger charge is 2.09. The van der Waals surface area contributed by atoms with Crippen LogP contribution in [0.1, 0.15) is 29.0 Å². The molecule has 0 fully saturated rings. The van der Waals surface area contributed by atoms with E-state index in [9.17, 15) is 0 Å². The second-order valence-electron chi connectivity index (χ2n) is 6.56. The number of aliphatic imine (C=N–C) groups is 1. The van der Waals surface area contributed by atoms with Crippen molar-refractivity contribution in [2.45, 2.75) is 26.2 Å². The van der Waals surface area contributed by atoms with E-state index in [1.165, 1.54) is 10.4 Å². The van der Waals surface area contributed by atoms with Crippen molar-refractivity contribution < 1.29 is 4.42 Å². The molecule has 0 saturated carbocycles. The molecule has 7 heteroatoms. The van der Waals surface area contributed by atoms with Crippen LogP contribution in [0, 0.1) is 6.92 Å². The molecule has 3 aromatic rings. The van der Waals surface area contributed by atoms with E-state index < -0.39 is 0 Å². The van der Waals surface area contributed by atoms with Crippen LogP contribution in [0.5, 0.6) is 0 Å². The van der Waals surface area contributed by atoms with Gasteiger partial charge in [-0.05, 0) is 30.5 Å². The number of aryl methyl sites for hydroxylation is 1. The maximum atomic E-state index is 5.61. The molecule has 0 spiro atoms. The number of halogens is 1. The lowest BCUT2D eigenvalue weighted by Gasteiger charge is -2.14. The Morgan fingerprint density at radius 1 is 1.21 bits per heavy atom. The van der Waals surface area contributed by atoms with Gasteiger partial charge in [0.25, 0.3) is 0 Å². The van der Waals surface area contributed by atoms with Crippen LogP contribution in [0.3, 0.4) is 0 Å². The molecule has 150 valence electrons. The summed E-state index contributed by atoms with van der Waals surface area (Å²) in [5.41, 5.74) is 3.15. The zero-order valence-corrected chi connectivity index (χ0v) is 19.6. The fourth-order valence-electron chi connectivity index (χ4n) is 2.70. The summed E-state index contributed by atoms with van der Waals surface area (Å²) in [6.07, 6.45) is 2.50. The van der Waals surface area contributed by atoms with E-state index in [4.69, 9.17) is 4.42 Å². The maximum Gasteiger partial charge on any atom is 0.226 e. The van der Waals surface area contributed by atoms with Crippen molar-refractivity contribution in [3.63, 3.8) is 0 Å². The number of nitrogens with zero attached hydrogens (tertiary/aromatic N) is 2. The van der Waals surface area contributed by atoms with Crippen LogP contribution >= 0.6 is 35.3 Å². The Morgan fingerprint density at radius 3 is 2.68 bits per heavy atom. The Balaban J connectivity index is 0.00000280. The van der Waals surface area contributed by atoms with Crippen LogP contribution in [-0.4, -0.2) is 31.1 Å². The third kappa shape index (κ3) is 6.34. The summed E-state index contributed by atoms with van der Waals surface area (Å²) < 4.78 is 5.61. The number of aromatic nitrogens is 1. The van der Waals surface area contributed by atoms with Gasteiger partial charge in [0.1, 0.15) is 6.26 Å². The molecule has 2 heterocycles. The van der Waals surface area contributed by atoms with Gasteiger partial charge in [0.15, 0.2) is 5.96 Å². The summed E-state index contributed by atoms with van der Waals surface area (Å²) in [4.78, 5) is 10.2. The number of guanidine groups is 1. The lowest BCUT2D eigenvalue weighted by molar-refractivity contribution is 0.572. The van der Waals surface area contributed by atoms with Gasteiger partial charge in [-0.3, -0.25) is 4.99 Å². The van der Waals surface area contributed by atoms with Gasteiger partial charge in [-0.2, -0.15) is 0 Å². The van der Waals surface area contributed by atoms with Gasteiger partial charge >= 0.3 is 0 Å². The van der Waals surface area contributed by atoms with Crippen LogP contribution in [0.2, 0.25) is 0 Å². The van der Waals surface area contributed by atoms with Crippen LogP contribution in [0.15, 0.2) is 57.5 Å². The van der Waals surface area contributed by atoms with Gasteiger partial charge in [0.2, 0.25) is 5.89 Å². The number of nitrogens with one attached hydrogen (secondary N) is 2. The Bertz CT molecular complexity index is 859. The Morgan fingerprint density at radius 2 is 2.00 bits per heavy atom. The molecule has 1 unspecified atom stereocenters. The zero-order chi connectivity index (χ0) is 19.1. The van der Waals surface area contributed by atoms with E-state index in [1.807, 2.05) is 12.1 Å². The first-order chi connectivity index (χ1) is 13.2. The average Bonchev–Trinajstić information content (AvgIpc) is 3.37. The highest BCUT2D eigenvalue weighted by molar-refractivity contribution is 14.0. The third-order valence-corrected chi connectivity index (χ3v) is 5.46. The molecule has 0 aliphatic carbocycles. The smallest absolute Gasteiger partial charge is 0.226 e. The minimum Gasteiger partial charge on any atom is -0.444 e. The molecule has 0 aliphatic heterocycles. The molecule has 5 nitrogen and oxygen atoms in total. The van der Waals surface area contributed by atoms with Crippen LogP contribution in [-0.2, 0) is 6.42 Å². The summed E-state index contributed by atoms with van der Waals surface area (Å²) >= 11 is 1.79. The van der Waals surface area contributed by atoms with Gasteiger partial charge < -0.3 is 15.1 Å². The fraction of sp³-hybridized carbons (Fsp3) is 0.333. The largest absolute Gasteiger partial charge is 0.444 e. The molecule has 0 radical (unpaired) electrons. The highest BCUT2D eigenvalue weighted by atomic mass is 127. The van der Waals surface area contributed by atoms with Crippen LogP contribution in [0.4, 0.5) is 0 Å². The van der Waals surface area contributed by atoms with E-state index in [2.05, 4.69) is 64.1 Å². The number of thiophene rings is 1. The van der Waals surface area contributed by atoms with Gasteiger partial charge in [-0.1, -0.05) is 30.7 Å². The molecule has 1 aromatic carbocycles. The van der Waals surface area contributed by atoms with Crippen molar-refractivity contribution in [3.8, 4) is 11.5 Å². The van der Waals surface area contributed by atoms with Crippen LogP contribution < -0.4 is 10.6 Å². The van der Waals surface area contributed by atoms with E-state index >= 15 is 0 Å². The third-order valence-electron chi connectivity index (χ3n) is 4.35. The summed E-state index contributed by atoms with van der Waals surface area (Å²) in [5, 5.41) is 8.83. The topological polar surface area (TPSA) is 62.5 Å². The predicted molar refractivity (Wildman–Crippen MR) is 128 cm³/mol. The Kier molecular flexibility index (Phi) is 8.98. The predicted octanol–water partition coefficient (Wildman–Crippen LogP) is 4.84. The van der Waals surface area contributed by atoms with Crippen molar-refractivity contribution in [1.29, 1.82) is 0 Å². The summed E-state index contributed by atoms with van der Waals surface area (Å²) in [5.74, 6) is 1.93. The second-order valence-corrected chi connectivity index (χ2v) is 7.54. The number of oxazole rings is 1. The van der Waals surface area contributed by atoms with Crippen molar-refractivity contribution >= 4 is 41.3 Å². The molecule has 0 saturated heterocycles. The lowest BCUT2D eigenvalue weighted by atomic mass is 10.1. The molecular formula is C21H27IN4OS. The Hall–Kier alpha value is -1.87. The minimum atomic E-state index is 0. The van der Waals surface area contributed by atoms with E-state index in [0.717, 1.165) is 36.7 Å². The monoisotopic (exact) mass is 510 g/mol. The molecule has 2 N–H and O–H groups in total. The minimum absolute atomic E-state index is 0. The highest BCUT2D eigenvalue weighted by Crippen LogP contribution is 2.20. The molecule has 0 aliphatic rings. The zero-order valence-electron chi connectivity index (χ0n) is 16.4. The molecule has 1 atom stereocenters. The lowest BCUT2D eigenvalue weighted by Crippen LogP contribution is -2.39. The number of rotatable bonds is 7. The summed E-state index contributed by atoms with van der Waals surface area (Å²) in [6.45, 7) is 5.88. The normalized spacial score (nSPS) is 12.3. The van der Waals surface area contributed by atoms with Crippen molar-refractivity contribution in [3.05, 3.63) is 64.2 Å². The quantitative estimate of drug-likeness (QED) is 0.271. The van der Waals surface area contributed by atoms with E-state index in [-0.39, 0.29) is 24.0 Å². The molecular weight excluding hydrogens is 483 g/mol. The average molecular weight is 510 g/mol. The van der Waals surface area contributed by atoms with Gasteiger partial charge in [0.05, 0.1) is 5.69 Å². The molecule has 2 aromatic heterocycles. The first kappa shape index (κ1) is 22.4. The maximum absolute atomic E-state index is 5.61. The number of hydrogen-bond donors (Lipinski definition) is 2. The van der Waals surface area contributed by atoms with Crippen molar-refractivity contribution in [2.75, 3.05) is 20.1 Å². The molecule has 0 amide bonds. The standard InChI is InChI=1S/C21H26N4OS.HI/c1-15-6-8-17(9-7-15)20-25-18(14-26-20)10-11-23-21(22-3)24-13-16(2)19-5-4-12-27-19;/h4-9,12,14,16H,10-11,13H2,1-3H3,(H2,22,23,24);1H. The summed E-state index contributed by atoms with van der Waals surface area (Å²) in [7, 11) is 1.79. The molecule has 28 heavy (non-hydrogen) atoms. The fourth-order valence-corrected chi connectivity index (χ4v) is 3.49. The van der Waals surface area contributed by atoms with E-state index in [0.29, 0.717) is 11.8 Å². The Labute approximate surface area is 187 Å². The first-order valence-electron chi connectivity index (χ1n) is 9.15. The van der Waals surface area contributed by atoms with Crippen LogP contribution in [0.25, 0.3) is 11.5 Å². The SMILES string of the molecule is CN=C(NCCc1coc(-c2ccc(C)cc2)n1)NCC(C)c1cccs1.I. The van der Waals surface area contributed by atoms with E-state index in [1.54, 1.807) is 24.6 Å². The van der Waals surface area contributed by atoms with Crippen molar-refractivity contribution in [2.24, 2.45) is 4.99 Å². The number of hydrogen-bond acceptors (Lipinski definition) is 4. The first-order valence-corrected chi connectivity index (χ1v) is 10.0.